The molecule has 2 atom stereocenters. The molecular weight excluding hydrogens is 190 g/mol. The molecule has 0 radical (unpaired) electrons. The smallest absolute Gasteiger partial charge is 0.131 e. The standard InChI is InChI=1S/C12H23NO2/c1-4-12(3,15)9-13-7-5-6-11(13)8-10(2)14/h11,15H,4-9H2,1-3H3. The Bertz CT molecular complexity index is 226. The second-order valence-corrected chi connectivity index (χ2v) is 5.02. The van der Waals surface area contributed by atoms with E-state index in [0.717, 1.165) is 25.8 Å². The van der Waals surface area contributed by atoms with Gasteiger partial charge in [0.1, 0.15) is 5.78 Å². The van der Waals surface area contributed by atoms with Gasteiger partial charge in [0.05, 0.1) is 5.60 Å². The van der Waals surface area contributed by atoms with Crippen molar-refractivity contribution in [3.8, 4) is 0 Å². The van der Waals surface area contributed by atoms with Crippen molar-refractivity contribution in [2.75, 3.05) is 13.1 Å². The number of β-amino-alcohol motifs (C(OH)–C–C–N with tert-alkyl or cyclic N) is 1. The molecule has 0 aliphatic carbocycles. The van der Waals surface area contributed by atoms with Crippen molar-refractivity contribution >= 4 is 5.78 Å². The lowest BCUT2D eigenvalue weighted by Gasteiger charge is -2.31. The maximum absolute atomic E-state index is 11.1. The van der Waals surface area contributed by atoms with Gasteiger partial charge in [-0.1, -0.05) is 6.92 Å². The van der Waals surface area contributed by atoms with Crippen LogP contribution in [-0.4, -0.2) is 40.5 Å². The molecule has 0 amide bonds. The van der Waals surface area contributed by atoms with Crippen LogP contribution < -0.4 is 0 Å². The molecule has 0 spiro atoms. The Morgan fingerprint density at radius 2 is 2.27 bits per heavy atom. The molecule has 1 N–H and O–H groups in total. The van der Waals surface area contributed by atoms with E-state index in [0.29, 0.717) is 19.0 Å². The monoisotopic (exact) mass is 213 g/mol. The lowest BCUT2D eigenvalue weighted by Crippen LogP contribution is -2.43. The summed E-state index contributed by atoms with van der Waals surface area (Å²) in [5.74, 6) is 0.253. The Morgan fingerprint density at radius 3 is 2.80 bits per heavy atom. The zero-order valence-electron chi connectivity index (χ0n) is 10.1. The zero-order chi connectivity index (χ0) is 11.5. The van der Waals surface area contributed by atoms with Gasteiger partial charge >= 0.3 is 0 Å². The van der Waals surface area contributed by atoms with Crippen molar-refractivity contribution in [3.63, 3.8) is 0 Å². The summed E-state index contributed by atoms with van der Waals surface area (Å²) >= 11 is 0. The molecule has 1 aliphatic rings. The molecule has 1 saturated heterocycles. The normalized spacial score (nSPS) is 26.5. The van der Waals surface area contributed by atoms with Gasteiger partial charge in [0.15, 0.2) is 0 Å². The lowest BCUT2D eigenvalue weighted by molar-refractivity contribution is -0.118. The van der Waals surface area contributed by atoms with Gasteiger partial charge in [-0.15, -0.1) is 0 Å². The number of Topliss-reactive ketones (excluding diaryl/α,β-unsaturated/α-hetero) is 1. The van der Waals surface area contributed by atoms with Crippen LogP contribution in [0, 0.1) is 0 Å². The summed E-state index contributed by atoms with van der Waals surface area (Å²) < 4.78 is 0. The SMILES string of the molecule is CCC(C)(O)CN1CCCC1CC(C)=O. The number of rotatable bonds is 5. The minimum atomic E-state index is -0.612. The molecule has 3 nitrogen and oxygen atoms in total. The van der Waals surface area contributed by atoms with Crippen LogP contribution in [0.5, 0.6) is 0 Å². The fraction of sp³-hybridized carbons (Fsp3) is 0.917. The van der Waals surface area contributed by atoms with Crippen LogP contribution in [0.15, 0.2) is 0 Å². The van der Waals surface area contributed by atoms with E-state index in [1.54, 1.807) is 6.92 Å². The van der Waals surface area contributed by atoms with E-state index in [-0.39, 0.29) is 5.78 Å². The molecule has 0 aromatic heterocycles. The first-order chi connectivity index (χ1) is 6.94. The molecule has 0 aromatic carbocycles. The topological polar surface area (TPSA) is 40.5 Å². The van der Waals surface area contributed by atoms with Crippen molar-refractivity contribution < 1.29 is 9.90 Å². The summed E-state index contributed by atoms with van der Waals surface area (Å²) in [6, 6.07) is 0.362. The van der Waals surface area contributed by atoms with Crippen molar-refractivity contribution in [2.45, 2.75) is 58.1 Å². The highest BCUT2D eigenvalue weighted by atomic mass is 16.3. The van der Waals surface area contributed by atoms with Gasteiger partial charge < -0.3 is 5.11 Å². The Morgan fingerprint density at radius 1 is 1.60 bits per heavy atom. The Hall–Kier alpha value is -0.410. The van der Waals surface area contributed by atoms with Crippen molar-refractivity contribution in [2.24, 2.45) is 0 Å². The molecule has 2 unspecified atom stereocenters. The number of hydrogen-bond acceptors (Lipinski definition) is 3. The van der Waals surface area contributed by atoms with Crippen LogP contribution in [-0.2, 0) is 4.79 Å². The van der Waals surface area contributed by atoms with Crippen LogP contribution in [0.25, 0.3) is 0 Å². The van der Waals surface area contributed by atoms with E-state index in [4.69, 9.17) is 0 Å². The minimum absolute atomic E-state index is 0.253. The average molecular weight is 213 g/mol. The fourth-order valence-electron chi connectivity index (χ4n) is 2.22. The van der Waals surface area contributed by atoms with Gasteiger partial charge in [-0.3, -0.25) is 9.69 Å². The predicted molar refractivity (Wildman–Crippen MR) is 60.8 cm³/mol. The number of aliphatic hydroxyl groups is 1. The zero-order valence-corrected chi connectivity index (χ0v) is 10.1. The van der Waals surface area contributed by atoms with Crippen LogP contribution >= 0.6 is 0 Å². The van der Waals surface area contributed by atoms with E-state index < -0.39 is 5.60 Å². The van der Waals surface area contributed by atoms with E-state index in [9.17, 15) is 9.90 Å². The minimum Gasteiger partial charge on any atom is -0.389 e. The number of carbonyl (C=O) groups excluding carboxylic acids is 1. The van der Waals surface area contributed by atoms with Crippen LogP contribution in [0.4, 0.5) is 0 Å². The van der Waals surface area contributed by atoms with Gasteiger partial charge in [0.2, 0.25) is 0 Å². The maximum atomic E-state index is 11.1. The molecule has 1 heterocycles. The Labute approximate surface area is 92.5 Å². The van der Waals surface area contributed by atoms with Gasteiger partial charge in [0, 0.05) is 19.0 Å². The van der Waals surface area contributed by atoms with Crippen LogP contribution in [0.1, 0.15) is 46.5 Å². The van der Waals surface area contributed by atoms with Crippen molar-refractivity contribution in [1.82, 2.24) is 4.90 Å². The second-order valence-electron chi connectivity index (χ2n) is 5.02. The van der Waals surface area contributed by atoms with Crippen molar-refractivity contribution in [1.29, 1.82) is 0 Å². The fourth-order valence-corrected chi connectivity index (χ4v) is 2.22. The highest BCUT2D eigenvalue weighted by Crippen LogP contribution is 2.23. The summed E-state index contributed by atoms with van der Waals surface area (Å²) in [6.45, 7) is 7.23. The molecule has 1 fully saturated rings. The second kappa shape index (κ2) is 5.08. The third kappa shape index (κ3) is 3.92. The van der Waals surface area contributed by atoms with Gasteiger partial charge in [-0.25, -0.2) is 0 Å². The highest BCUT2D eigenvalue weighted by Gasteiger charge is 2.30. The number of likely N-dealkylation sites (tertiary alicyclic amines) is 1. The number of ketones is 1. The molecule has 0 aromatic rings. The van der Waals surface area contributed by atoms with Gasteiger partial charge in [-0.05, 0) is 39.7 Å². The van der Waals surface area contributed by atoms with Crippen molar-refractivity contribution in [3.05, 3.63) is 0 Å². The summed E-state index contributed by atoms with van der Waals surface area (Å²) in [5, 5.41) is 10.0. The van der Waals surface area contributed by atoms with Crippen LogP contribution in [0.2, 0.25) is 0 Å². The summed E-state index contributed by atoms with van der Waals surface area (Å²) in [6.07, 6.45) is 3.65. The number of nitrogens with zero attached hydrogens (tertiary/aromatic N) is 1. The first-order valence-corrected chi connectivity index (χ1v) is 5.90. The first kappa shape index (κ1) is 12.7. The molecule has 1 aliphatic heterocycles. The largest absolute Gasteiger partial charge is 0.389 e. The Balaban J connectivity index is 2.49. The molecule has 0 saturated carbocycles. The van der Waals surface area contributed by atoms with Crippen LogP contribution in [0.3, 0.4) is 0 Å². The summed E-state index contributed by atoms with van der Waals surface area (Å²) in [4.78, 5) is 13.4. The lowest BCUT2D eigenvalue weighted by atomic mass is 10.0. The predicted octanol–water partition coefficient (Wildman–Crippen LogP) is 1.59. The van der Waals surface area contributed by atoms with Gasteiger partial charge in [0.25, 0.3) is 0 Å². The molecule has 0 bridgehead atoms. The first-order valence-electron chi connectivity index (χ1n) is 5.90. The molecule has 88 valence electrons. The highest BCUT2D eigenvalue weighted by molar-refractivity contribution is 5.76. The van der Waals surface area contributed by atoms with Gasteiger partial charge in [-0.2, -0.15) is 0 Å². The quantitative estimate of drug-likeness (QED) is 0.754. The number of hydrogen-bond donors (Lipinski definition) is 1. The number of carbonyl (C=O) groups is 1. The van der Waals surface area contributed by atoms with E-state index in [2.05, 4.69) is 4.90 Å². The molecule has 15 heavy (non-hydrogen) atoms. The Kier molecular flexibility index (Phi) is 4.29. The maximum Gasteiger partial charge on any atom is 0.131 e. The third-order valence-corrected chi connectivity index (χ3v) is 3.33. The van der Waals surface area contributed by atoms with E-state index in [1.807, 2.05) is 13.8 Å². The molecule has 1 rings (SSSR count). The average Bonchev–Trinajstić information content (AvgIpc) is 2.51. The third-order valence-electron chi connectivity index (χ3n) is 3.33. The summed E-state index contributed by atoms with van der Waals surface area (Å²) in [5.41, 5.74) is -0.612. The van der Waals surface area contributed by atoms with E-state index >= 15 is 0 Å². The molecular formula is C12H23NO2. The molecule has 3 heteroatoms. The van der Waals surface area contributed by atoms with E-state index in [1.165, 1.54) is 0 Å². The summed E-state index contributed by atoms with van der Waals surface area (Å²) in [7, 11) is 0.